The Kier molecular flexibility index (Phi) is 9.59. The molecule has 1 N–H and O–H groups in total. The van der Waals surface area contributed by atoms with E-state index in [-0.39, 0.29) is 12.5 Å². The third-order valence-corrected chi connectivity index (χ3v) is 7.95. The topological polar surface area (TPSA) is 86.6 Å². The predicted molar refractivity (Wildman–Crippen MR) is 165 cm³/mol. The first-order chi connectivity index (χ1) is 20.4. The molecule has 1 fully saturated rings. The molecule has 1 amide bonds. The van der Waals surface area contributed by atoms with Crippen molar-refractivity contribution >= 4 is 17.8 Å². The highest BCUT2D eigenvalue weighted by Gasteiger charge is 2.26. The van der Waals surface area contributed by atoms with Crippen molar-refractivity contribution in [1.29, 1.82) is 0 Å². The van der Waals surface area contributed by atoms with Gasteiger partial charge in [0.1, 0.15) is 6.54 Å². The molecule has 4 aromatic rings. The van der Waals surface area contributed by atoms with E-state index in [9.17, 15) is 14.7 Å². The Labute approximate surface area is 247 Å². The van der Waals surface area contributed by atoms with Gasteiger partial charge >= 0.3 is 5.97 Å². The summed E-state index contributed by atoms with van der Waals surface area (Å²) in [5, 5.41) is 9.62. The van der Waals surface area contributed by atoms with Gasteiger partial charge in [0.25, 0.3) is 5.91 Å². The first-order valence-electron chi connectivity index (χ1n) is 14.7. The zero-order valence-electron chi connectivity index (χ0n) is 24.2. The zero-order valence-corrected chi connectivity index (χ0v) is 24.2. The molecule has 0 atom stereocenters. The Hall–Kier alpha value is -4.52. The quantitative estimate of drug-likeness (QED) is 0.250. The summed E-state index contributed by atoms with van der Waals surface area (Å²) in [7, 11) is 0. The van der Waals surface area contributed by atoms with E-state index in [1.54, 1.807) is 6.20 Å². The fraction of sp³-hybridized carbons (Fsp3) is 0.314. The van der Waals surface area contributed by atoms with Gasteiger partial charge in [-0.15, -0.1) is 0 Å². The molecular weight excluding hydrogens is 524 g/mol. The molecule has 2 heterocycles. The molecule has 0 spiro atoms. The molecule has 0 bridgehead atoms. The second-order valence-corrected chi connectivity index (χ2v) is 11.2. The third-order valence-electron chi connectivity index (χ3n) is 7.95. The molecule has 5 rings (SSSR count). The fourth-order valence-corrected chi connectivity index (χ4v) is 5.57. The molecule has 1 aliphatic rings. The molecule has 1 aromatic heterocycles. The number of nitrogens with zero attached hydrogens (tertiary/aromatic N) is 4. The zero-order chi connectivity index (χ0) is 29.3. The summed E-state index contributed by atoms with van der Waals surface area (Å²) in [6.45, 7) is 3.51. The maximum Gasteiger partial charge on any atom is 0.323 e. The summed E-state index contributed by atoms with van der Waals surface area (Å²) in [6, 6.07) is 28.5. The molecule has 0 aliphatic carbocycles. The number of carbonyl (C=O) groups excluding carboxylic acids is 1. The monoisotopic (exact) mass is 562 g/mol. The lowest BCUT2D eigenvalue weighted by Gasteiger charge is -2.32. The van der Waals surface area contributed by atoms with Crippen LogP contribution in [0.4, 0.5) is 5.95 Å². The van der Waals surface area contributed by atoms with Crippen LogP contribution in [0.3, 0.4) is 0 Å². The maximum absolute atomic E-state index is 13.9. The highest BCUT2D eigenvalue weighted by molar-refractivity contribution is 5.96. The molecule has 1 aliphatic heterocycles. The van der Waals surface area contributed by atoms with Gasteiger partial charge in [-0.25, -0.2) is 9.97 Å². The first-order valence-corrected chi connectivity index (χ1v) is 14.7. The van der Waals surface area contributed by atoms with Gasteiger partial charge in [0.05, 0.1) is 11.3 Å². The lowest BCUT2D eigenvalue weighted by Crippen LogP contribution is -2.37. The Morgan fingerprint density at radius 1 is 0.857 bits per heavy atom. The number of rotatable bonds is 11. The number of piperidine rings is 1. The van der Waals surface area contributed by atoms with E-state index in [2.05, 4.69) is 52.3 Å². The van der Waals surface area contributed by atoms with Crippen LogP contribution in [0, 0.1) is 12.8 Å². The van der Waals surface area contributed by atoms with Crippen LogP contribution in [0.1, 0.15) is 51.1 Å². The molecule has 0 radical (unpaired) electrons. The lowest BCUT2D eigenvalue weighted by molar-refractivity contribution is -0.137. The van der Waals surface area contributed by atoms with Crippen molar-refractivity contribution in [1.82, 2.24) is 14.9 Å². The van der Waals surface area contributed by atoms with Crippen LogP contribution in [0.25, 0.3) is 0 Å². The Morgan fingerprint density at radius 3 is 2.14 bits per heavy atom. The van der Waals surface area contributed by atoms with Crippen molar-refractivity contribution in [2.24, 2.45) is 5.92 Å². The SMILES string of the molecule is Cc1ccc(CN(CC(=O)O)C(=O)c2cnc(N3CCC(Cc4ccccc4)CC3)nc2CCc2ccccc2)cc1. The molecule has 3 aromatic carbocycles. The summed E-state index contributed by atoms with van der Waals surface area (Å²) in [6.07, 6.45) is 6.06. The van der Waals surface area contributed by atoms with Crippen LogP contribution < -0.4 is 4.90 Å². The standard InChI is InChI=1S/C35H38N4O3/c1-26-12-14-30(15-13-26)24-39(25-33(40)41)34(42)31-23-36-35(37-32(31)17-16-27-8-4-2-5-9-27)38-20-18-29(19-21-38)22-28-10-6-3-7-11-28/h2-15,23,29H,16-22,24-25H2,1H3,(H,40,41). The Morgan fingerprint density at radius 2 is 1.50 bits per heavy atom. The third kappa shape index (κ3) is 7.81. The van der Waals surface area contributed by atoms with Crippen molar-refractivity contribution in [3.05, 3.63) is 125 Å². The van der Waals surface area contributed by atoms with Crippen molar-refractivity contribution in [3.63, 3.8) is 0 Å². The van der Waals surface area contributed by atoms with Crippen molar-refractivity contribution < 1.29 is 14.7 Å². The van der Waals surface area contributed by atoms with Crippen molar-refractivity contribution in [2.75, 3.05) is 24.5 Å². The summed E-state index contributed by atoms with van der Waals surface area (Å²) < 4.78 is 0. The molecular formula is C35H38N4O3. The number of hydrogen-bond donors (Lipinski definition) is 1. The van der Waals surface area contributed by atoms with Crippen molar-refractivity contribution in [3.8, 4) is 0 Å². The first kappa shape index (κ1) is 29.0. The van der Waals surface area contributed by atoms with E-state index < -0.39 is 12.5 Å². The smallest absolute Gasteiger partial charge is 0.323 e. The minimum Gasteiger partial charge on any atom is -0.480 e. The van der Waals surface area contributed by atoms with Gasteiger partial charge in [-0.05, 0) is 61.6 Å². The molecule has 216 valence electrons. The summed E-state index contributed by atoms with van der Waals surface area (Å²) in [4.78, 5) is 38.8. The van der Waals surface area contributed by atoms with Gasteiger partial charge in [-0.1, -0.05) is 90.5 Å². The highest BCUT2D eigenvalue weighted by Crippen LogP contribution is 2.25. The molecule has 7 heteroatoms. The maximum atomic E-state index is 13.9. The second-order valence-electron chi connectivity index (χ2n) is 11.2. The molecule has 0 saturated carbocycles. The number of aliphatic carboxylic acids is 1. The minimum absolute atomic E-state index is 0.195. The molecule has 7 nitrogen and oxygen atoms in total. The van der Waals surface area contributed by atoms with E-state index in [4.69, 9.17) is 4.98 Å². The normalized spacial score (nSPS) is 13.6. The predicted octanol–water partition coefficient (Wildman–Crippen LogP) is 5.76. The Bertz CT molecular complexity index is 1470. The van der Waals surface area contributed by atoms with E-state index in [0.717, 1.165) is 49.0 Å². The molecule has 0 unspecified atom stereocenters. The number of anilines is 1. The fourth-order valence-electron chi connectivity index (χ4n) is 5.57. The number of aromatic nitrogens is 2. The lowest BCUT2D eigenvalue weighted by atomic mass is 9.90. The summed E-state index contributed by atoms with van der Waals surface area (Å²) in [5.41, 5.74) is 5.51. The number of carbonyl (C=O) groups is 2. The van der Waals surface area contributed by atoms with Gasteiger partial charge in [0.15, 0.2) is 0 Å². The average Bonchev–Trinajstić information content (AvgIpc) is 3.01. The average molecular weight is 563 g/mol. The number of amides is 1. The molecule has 42 heavy (non-hydrogen) atoms. The number of carboxylic acid groups (broad SMARTS) is 1. The minimum atomic E-state index is -1.06. The number of hydrogen-bond acceptors (Lipinski definition) is 5. The van der Waals surface area contributed by atoms with Gasteiger partial charge < -0.3 is 14.9 Å². The van der Waals surface area contributed by atoms with Gasteiger partial charge in [-0.3, -0.25) is 9.59 Å². The summed E-state index contributed by atoms with van der Waals surface area (Å²) >= 11 is 0. The highest BCUT2D eigenvalue weighted by atomic mass is 16.4. The van der Waals surface area contributed by atoms with Crippen LogP contribution in [0.15, 0.2) is 91.1 Å². The second kappa shape index (κ2) is 13.9. The van der Waals surface area contributed by atoms with Crippen molar-refractivity contribution in [2.45, 2.75) is 45.6 Å². The van der Waals surface area contributed by atoms with E-state index in [0.29, 0.717) is 36.0 Å². The molecule has 1 saturated heterocycles. The number of aryl methyl sites for hydroxylation is 3. The van der Waals surface area contributed by atoms with Crippen LogP contribution in [-0.4, -0.2) is 51.5 Å². The van der Waals surface area contributed by atoms with Crippen LogP contribution in [-0.2, 0) is 30.6 Å². The number of benzene rings is 3. The number of carboxylic acids is 1. The van der Waals surface area contributed by atoms with E-state index >= 15 is 0 Å². The van der Waals surface area contributed by atoms with E-state index in [1.165, 1.54) is 10.5 Å². The van der Waals surface area contributed by atoms with Crippen LogP contribution >= 0.6 is 0 Å². The Balaban J connectivity index is 1.36. The van der Waals surface area contributed by atoms with Gasteiger partial charge in [0, 0.05) is 25.8 Å². The van der Waals surface area contributed by atoms with Crippen LogP contribution in [0.5, 0.6) is 0 Å². The largest absolute Gasteiger partial charge is 0.480 e. The van der Waals surface area contributed by atoms with Gasteiger partial charge in [-0.2, -0.15) is 0 Å². The summed E-state index contributed by atoms with van der Waals surface area (Å²) in [5.74, 6) is -0.170. The van der Waals surface area contributed by atoms with Gasteiger partial charge in [0.2, 0.25) is 5.95 Å². The van der Waals surface area contributed by atoms with Crippen LogP contribution in [0.2, 0.25) is 0 Å². The van der Waals surface area contributed by atoms with E-state index in [1.807, 2.05) is 49.4 Å².